The largest absolute Gasteiger partial charge is 0.369 e. The van der Waals surface area contributed by atoms with E-state index in [0.29, 0.717) is 11.6 Å². The van der Waals surface area contributed by atoms with Crippen molar-refractivity contribution in [3.8, 4) is 10.4 Å². The summed E-state index contributed by atoms with van der Waals surface area (Å²) in [6, 6.07) is 10.4. The molecule has 4 N–H and O–H groups in total. The van der Waals surface area contributed by atoms with Gasteiger partial charge in [0.05, 0.1) is 6.42 Å². The van der Waals surface area contributed by atoms with Gasteiger partial charge in [-0.05, 0) is 50.4 Å². The van der Waals surface area contributed by atoms with Crippen LogP contribution in [0.2, 0.25) is 0 Å². The molecule has 1 fully saturated rings. The van der Waals surface area contributed by atoms with E-state index in [9.17, 15) is 4.79 Å². The zero-order valence-corrected chi connectivity index (χ0v) is 14.7. The minimum Gasteiger partial charge on any atom is -0.369 e. The normalized spacial score (nSPS) is 17.1. The Hall–Kier alpha value is -1.98. The molecule has 1 aromatic heterocycles. The van der Waals surface area contributed by atoms with E-state index in [-0.39, 0.29) is 12.3 Å². The van der Waals surface area contributed by atoms with E-state index >= 15 is 0 Å². The molecule has 1 aliphatic heterocycles. The summed E-state index contributed by atoms with van der Waals surface area (Å²) < 4.78 is 0. The number of carbonyl (C=O) groups is 1. The average molecular weight is 341 g/mol. The number of nitrogens with one attached hydrogen (secondary N) is 2. The van der Waals surface area contributed by atoms with Crippen LogP contribution in [0.1, 0.15) is 28.8 Å². The lowest BCUT2D eigenvalue weighted by atomic mass is 9.96. The van der Waals surface area contributed by atoms with Crippen LogP contribution in [0.4, 0.5) is 0 Å². The zero-order valence-electron chi connectivity index (χ0n) is 13.9. The number of hydrogen-bond acceptors (Lipinski definition) is 4. The quantitative estimate of drug-likeness (QED) is 0.706. The van der Waals surface area contributed by atoms with Crippen molar-refractivity contribution in [2.45, 2.75) is 26.2 Å². The van der Waals surface area contributed by atoms with Crippen LogP contribution < -0.4 is 11.1 Å². The van der Waals surface area contributed by atoms with Gasteiger partial charge in [-0.1, -0.05) is 29.8 Å². The molecular formula is C19H23N3OS. The molecular weight excluding hydrogens is 318 g/mol. The molecule has 2 heterocycles. The Morgan fingerprint density at radius 2 is 2.12 bits per heavy atom. The first-order valence-corrected chi connectivity index (χ1v) is 9.11. The van der Waals surface area contributed by atoms with Gasteiger partial charge in [-0.25, -0.2) is 0 Å². The summed E-state index contributed by atoms with van der Waals surface area (Å²) in [6.07, 6.45) is 2.07. The van der Waals surface area contributed by atoms with Crippen LogP contribution in [0.3, 0.4) is 0 Å². The maximum Gasteiger partial charge on any atom is 0.222 e. The topological polar surface area (TPSA) is 79.0 Å². The van der Waals surface area contributed by atoms with Crippen molar-refractivity contribution in [1.82, 2.24) is 5.32 Å². The van der Waals surface area contributed by atoms with Gasteiger partial charge in [0.2, 0.25) is 5.91 Å². The van der Waals surface area contributed by atoms with Gasteiger partial charge in [0.1, 0.15) is 0 Å². The molecule has 4 nitrogen and oxygen atoms in total. The molecule has 1 amide bonds. The van der Waals surface area contributed by atoms with E-state index in [1.54, 1.807) is 11.3 Å². The highest BCUT2D eigenvalue weighted by atomic mass is 32.1. The number of benzene rings is 1. The predicted molar refractivity (Wildman–Crippen MR) is 99.8 cm³/mol. The molecule has 1 unspecified atom stereocenters. The molecule has 0 aliphatic carbocycles. The number of carbonyl (C=O) groups excluding carboxylic acids is 1. The van der Waals surface area contributed by atoms with E-state index in [1.165, 1.54) is 5.56 Å². The summed E-state index contributed by atoms with van der Waals surface area (Å²) in [7, 11) is 0. The lowest BCUT2D eigenvalue weighted by molar-refractivity contribution is -0.117. The van der Waals surface area contributed by atoms with Crippen molar-refractivity contribution in [3.05, 3.63) is 46.3 Å². The third-order valence-corrected chi connectivity index (χ3v) is 5.64. The van der Waals surface area contributed by atoms with E-state index in [4.69, 9.17) is 11.1 Å². The first kappa shape index (κ1) is 16.9. The van der Waals surface area contributed by atoms with Gasteiger partial charge in [-0.15, -0.1) is 11.3 Å². The lowest BCUT2D eigenvalue weighted by Gasteiger charge is -2.09. The Labute approximate surface area is 146 Å². The monoisotopic (exact) mass is 341 g/mol. The molecule has 24 heavy (non-hydrogen) atoms. The Kier molecular flexibility index (Phi) is 5.11. The number of rotatable bonds is 6. The molecule has 0 saturated carbocycles. The van der Waals surface area contributed by atoms with Crippen LogP contribution >= 0.6 is 11.3 Å². The molecule has 1 aromatic carbocycles. The Morgan fingerprint density at radius 1 is 1.38 bits per heavy atom. The van der Waals surface area contributed by atoms with E-state index in [0.717, 1.165) is 46.8 Å². The number of primary amides is 1. The van der Waals surface area contributed by atoms with Gasteiger partial charge in [0.15, 0.2) is 0 Å². The molecule has 2 aromatic rings. The van der Waals surface area contributed by atoms with Crippen LogP contribution in [-0.2, 0) is 11.2 Å². The molecule has 1 saturated heterocycles. The summed E-state index contributed by atoms with van der Waals surface area (Å²) in [5.41, 5.74) is 9.26. The predicted octanol–water partition coefficient (Wildman–Crippen LogP) is 3.12. The van der Waals surface area contributed by atoms with Gasteiger partial charge in [0.25, 0.3) is 0 Å². The molecule has 0 bridgehead atoms. The highest BCUT2D eigenvalue weighted by molar-refractivity contribution is 7.16. The Balaban J connectivity index is 1.89. The van der Waals surface area contributed by atoms with E-state index < -0.39 is 0 Å². The number of amides is 1. The summed E-state index contributed by atoms with van der Waals surface area (Å²) >= 11 is 1.58. The number of aryl methyl sites for hydroxylation is 1. The second kappa shape index (κ2) is 7.28. The molecule has 3 rings (SSSR count). The van der Waals surface area contributed by atoms with E-state index in [2.05, 4.69) is 42.6 Å². The number of nitrogens with two attached hydrogens (primary N) is 1. The summed E-state index contributed by atoms with van der Waals surface area (Å²) in [5, 5.41) is 11.9. The van der Waals surface area contributed by atoms with Crippen molar-refractivity contribution in [2.75, 3.05) is 13.1 Å². The zero-order chi connectivity index (χ0) is 17.1. The first-order valence-electron chi connectivity index (χ1n) is 8.29. The van der Waals surface area contributed by atoms with E-state index in [1.807, 2.05) is 0 Å². The minimum atomic E-state index is -0.344. The van der Waals surface area contributed by atoms with Crippen LogP contribution in [0, 0.1) is 18.3 Å². The molecule has 1 atom stereocenters. The SMILES string of the molecule is Cc1ccc(-c2cc(C(=N)CC3CCNC3)c(CC(N)=O)s2)cc1. The lowest BCUT2D eigenvalue weighted by Crippen LogP contribution is -2.16. The molecule has 0 radical (unpaired) electrons. The Bertz CT molecular complexity index is 742. The standard InChI is InChI=1S/C19H23N3OS/c1-12-2-4-14(5-3-12)17-9-15(18(24-17)10-19(21)23)16(20)8-13-6-7-22-11-13/h2-5,9,13,20,22H,6-8,10-11H2,1H3,(H2,21,23). The first-order chi connectivity index (χ1) is 11.5. The van der Waals surface area contributed by atoms with Crippen molar-refractivity contribution in [3.63, 3.8) is 0 Å². The third-order valence-electron chi connectivity index (χ3n) is 4.46. The second-order valence-electron chi connectivity index (χ2n) is 6.50. The smallest absolute Gasteiger partial charge is 0.222 e. The summed E-state index contributed by atoms with van der Waals surface area (Å²) in [6.45, 7) is 4.07. The summed E-state index contributed by atoms with van der Waals surface area (Å²) in [4.78, 5) is 13.4. The number of hydrogen-bond donors (Lipinski definition) is 3. The second-order valence-corrected chi connectivity index (χ2v) is 7.63. The molecule has 5 heteroatoms. The fourth-order valence-corrected chi connectivity index (χ4v) is 4.32. The highest BCUT2D eigenvalue weighted by Crippen LogP contribution is 2.33. The average Bonchev–Trinajstić information content (AvgIpc) is 3.17. The van der Waals surface area contributed by atoms with Crippen molar-refractivity contribution in [1.29, 1.82) is 5.41 Å². The van der Waals surface area contributed by atoms with Crippen molar-refractivity contribution >= 4 is 23.0 Å². The van der Waals surface area contributed by atoms with Crippen molar-refractivity contribution in [2.24, 2.45) is 11.7 Å². The fourth-order valence-electron chi connectivity index (χ4n) is 3.12. The number of thiophene rings is 1. The van der Waals surface area contributed by atoms with Gasteiger partial charge >= 0.3 is 0 Å². The maximum absolute atomic E-state index is 11.4. The van der Waals surface area contributed by atoms with Gasteiger partial charge in [-0.2, -0.15) is 0 Å². The maximum atomic E-state index is 11.4. The van der Waals surface area contributed by atoms with Crippen LogP contribution in [0.25, 0.3) is 10.4 Å². The Morgan fingerprint density at radius 3 is 2.75 bits per heavy atom. The van der Waals surface area contributed by atoms with Crippen LogP contribution in [0.5, 0.6) is 0 Å². The molecule has 126 valence electrons. The fraction of sp³-hybridized carbons (Fsp3) is 0.368. The van der Waals surface area contributed by atoms with Gasteiger partial charge in [-0.3, -0.25) is 4.79 Å². The molecule has 1 aliphatic rings. The van der Waals surface area contributed by atoms with Crippen molar-refractivity contribution < 1.29 is 4.79 Å². The van der Waals surface area contributed by atoms with Crippen LogP contribution in [0.15, 0.2) is 30.3 Å². The van der Waals surface area contributed by atoms with Gasteiger partial charge in [0, 0.05) is 21.0 Å². The van der Waals surface area contributed by atoms with Crippen LogP contribution in [-0.4, -0.2) is 24.7 Å². The molecule has 0 spiro atoms. The summed E-state index contributed by atoms with van der Waals surface area (Å²) in [5.74, 6) is 0.172. The van der Waals surface area contributed by atoms with Gasteiger partial charge < -0.3 is 16.5 Å². The minimum absolute atomic E-state index is 0.206. The third kappa shape index (κ3) is 3.91. The highest BCUT2D eigenvalue weighted by Gasteiger charge is 2.21.